The van der Waals surface area contributed by atoms with Crippen molar-refractivity contribution in [1.82, 2.24) is 9.78 Å². The lowest BCUT2D eigenvalue weighted by Gasteiger charge is -2.22. The lowest BCUT2D eigenvalue weighted by molar-refractivity contribution is -0.132. The molecule has 1 saturated heterocycles. The summed E-state index contributed by atoms with van der Waals surface area (Å²) >= 11 is 0. The van der Waals surface area contributed by atoms with Gasteiger partial charge in [-0.1, -0.05) is 24.0 Å². The van der Waals surface area contributed by atoms with Gasteiger partial charge in [-0.2, -0.15) is 10.1 Å². The average molecular weight is 418 g/mol. The minimum absolute atomic E-state index is 0.115. The van der Waals surface area contributed by atoms with Crippen molar-refractivity contribution in [2.45, 2.75) is 31.2 Å². The van der Waals surface area contributed by atoms with Gasteiger partial charge in [-0.15, -0.1) is 0 Å². The van der Waals surface area contributed by atoms with Crippen LogP contribution in [0.2, 0.25) is 0 Å². The summed E-state index contributed by atoms with van der Waals surface area (Å²) in [4.78, 5) is 30.6. The summed E-state index contributed by atoms with van der Waals surface area (Å²) in [6, 6.07) is 7.82. The van der Waals surface area contributed by atoms with Crippen molar-refractivity contribution in [2.24, 2.45) is 9.98 Å². The van der Waals surface area contributed by atoms with Crippen LogP contribution in [0.5, 0.6) is 0 Å². The van der Waals surface area contributed by atoms with E-state index < -0.39 is 11.7 Å². The van der Waals surface area contributed by atoms with Gasteiger partial charge in [0.15, 0.2) is 0 Å². The number of hydrogen-bond donors (Lipinski definition) is 1. The van der Waals surface area contributed by atoms with Crippen molar-refractivity contribution in [3.63, 3.8) is 0 Å². The number of Topliss-reactive ketones (excluding diaryl/α,β-unsaturated/α-hetero) is 1. The summed E-state index contributed by atoms with van der Waals surface area (Å²) in [6.07, 6.45) is 6.90. The van der Waals surface area contributed by atoms with Crippen LogP contribution in [0.1, 0.15) is 47.9 Å². The number of carbonyl (C=O) groups excluding carboxylic acids is 2. The van der Waals surface area contributed by atoms with Gasteiger partial charge in [-0.3, -0.25) is 14.3 Å². The fourth-order valence-corrected chi connectivity index (χ4v) is 3.59. The van der Waals surface area contributed by atoms with E-state index in [4.69, 9.17) is 4.74 Å². The van der Waals surface area contributed by atoms with Gasteiger partial charge in [-0.25, -0.2) is 4.99 Å². The largest absolute Gasteiger partial charge is 0.396 e. The molecule has 0 saturated carbocycles. The number of benzene rings is 1. The minimum Gasteiger partial charge on any atom is -0.396 e. The number of ether oxygens (including phenoxy) is 1. The second-order valence-electron chi connectivity index (χ2n) is 7.46. The van der Waals surface area contributed by atoms with E-state index in [1.54, 1.807) is 6.20 Å². The quantitative estimate of drug-likeness (QED) is 0.587. The Morgan fingerprint density at radius 1 is 1.13 bits per heavy atom. The first-order chi connectivity index (χ1) is 15.1. The first kappa shape index (κ1) is 20.8. The number of hydrogen-bond acceptors (Lipinski definition) is 6. The molecular formula is C23H22N4O4. The molecule has 1 N–H and O–H groups in total. The number of amides is 1. The zero-order chi connectivity index (χ0) is 21.6. The van der Waals surface area contributed by atoms with Gasteiger partial charge in [0.25, 0.3) is 5.78 Å². The van der Waals surface area contributed by atoms with E-state index in [-0.39, 0.29) is 24.7 Å². The Morgan fingerprint density at radius 3 is 2.61 bits per heavy atom. The van der Waals surface area contributed by atoms with E-state index in [2.05, 4.69) is 26.9 Å². The van der Waals surface area contributed by atoms with Gasteiger partial charge in [0.1, 0.15) is 6.34 Å². The Labute approximate surface area is 179 Å². The molecule has 3 heterocycles. The SMILES string of the molecule is O=C1N=CN=C(CC(CO)c2ccc(C#Cc3cnn(C4CCOCC4)c3)cc2)C1=O. The van der Waals surface area contributed by atoms with Crippen LogP contribution in [0, 0.1) is 11.8 Å². The highest BCUT2D eigenvalue weighted by Gasteiger charge is 2.25. The molecule has 0 bridgehead atoms. The molecule has 8 nitrogen and oxygen atoms in total. The van der Waals surface area contributed by atoms with Gasteiger partial charge in [0.05, 0.1) is 30.1 Å². The zero-order valence-corrected chi connectivity index (χ0v) is 16.9. The van der Waals surface area contributed by atoms with Crippen molar-refractivity contribution in [2.75, 3.05) is 19.8 Å². The van der Waals surface area contributed by atoms with E-state index in [1.807, 2.05) is 35.1 Å². The first-order valence-corrected chi connectivity index (χ1v) is 10.2. The van der Waals surface area contributed by atoms with Gasteiger partial charge in [0, 0.05) is 37.3 Å². The van der Waals surface area contributed by atoms with E-state index >= 15 is 0 Å². The first-order valence-electron chi connectivity index (χ1n) is 10.2. The van der Waals surface area contributed by atoms with Crippen molar-refractivity contribution < 1.29 is 19.4 Å². The molecule has 1 fully saturated rings. The molecule has 1 unspecified atom stereocenters. The maximum atomic E-state index is 11.9. The van der Waals surface area contributed by atoms with Gasteiger partial charge in [-0.05, 0) is 30.5 Å². The topological polar surface area (TPSA) is 106 Å². The molecule has 0 spiro atoms. The number of aliphatic hydroxyl groups excluding tert-OH is 1. The molecular weight excluding hydrogens is 396 g/mol. The Morgan fingerprint density at radius 2 is 1.87 bits per heavy atom. The third kappa shape index (κ3) is 5.02. The summed E-state index contributed by atoms with van der Waals surface area (Å²) < 4.78 is 7.36. The molecule has 1 amide bonds. The highest BCUT2D eigenvalue weighted by molar-refractivity contribution is 6.66. The van der Waals surface area contributed by atoms with Crippen LogP contribution in [0.4, 0.5) is 0 Å². The molecule has 2 aromatic rings. The van der Waals surface area contributed by atoms with Crippen LogP contribution >= 0.6 is 0 Å². The third-order valence-corrected chi connectivity index (χ3v) is 5.40. The fraction of sp³-hybridized carbons (Fsp3) is 0.348. The Bertz CT molecular complexity index is 1080. The molecule has 2 aliphatic rings. The third-order valence-electron chi connectivity index (χ3n) is 5.40. The highest BCUT2D eigenvalue weighted by Crippen LogP contribution is 2.22. The van der Waals surface area contributed by atoms with E-state index in [0.29, 0.717) is 6.04 Å². The molecule has 2 aliphatic heterocycles. The number of aliphatic hydroxyl groups is 1. The molecule has 4 rings (SSSR count). The predicted octanol–water partition coefficient (Wildman–Crippen LogP) is 1.68. The number of ketones is 1. The molecule has 158 valence electrons. The molecule has 0 radical (unpaired) electrons. The van der Waals surface area contributed by atoms with Crippen molar-refractivity contribution in [3.05, 3.63) is 53.3 Å². The highest BCUT2D eigenvalue weighted by atomic mass is 16.5. The molecule has 31 heavy (non-hydrogen) atoms. The minimum atomic E-state index is -0.826. The summed E-state index contributed by atoms with van der Waals surface area (Å²) in [6.45, 7) is 1.35. The maximum absolute atomic E-state index is 11.9. The Hall–Kier alpha value is -3.41. The number of aromatic nitrogens is 2. The summed E-state index contributed by atoms with van der Waals surface area (Å²) in [5, 5.41) is 14.2. The second kappa shape index (κ2) is 9.60. The number of rotatable bonds is 5. The van der Waals surface area contributed by atoms with Crippen LogP contribution < -0.4 is 0 Å². The number of carbonyl (C=O) groups is 2. The lowest BCUT2D eigenvalue weighted by Crippen LogP contribution is -2.28. The van der Waals surface area contributed by atoms with E-state index in [9.17, 15) is 14.7 Å². The standard InChI is InChI=1S/C23H22N4O4/c28-14-19(11-21-22(29)23(30)25-15-24-21)18-5-3-16(4-6-18)1-2-17-12-26-27(13-17)20-7-9-31-10-8-20/h3-6,12-13,15,19-20,28H,7-11,14H2. The van der Waals surface area contributed by atoms with Crippen LogP contribution in [0.3, 0.4) is 0 Å². The molecule has 1 aromatic heterocycles. The van der Waals surface area contributed by atoms with Crippen LogP contribution in [-0.4, -0.2) is 58.4 Å². The molecule has 1 aromatic carbocycles. The maximum Gasteiger partial charge on any atom is 0.320 e. The monoisotopic (exact) mass is 418 g/mol. The average Bonchev–Trinajstić information content (AvgIpc) is 3.29. The van der Waals surface area contributed by atoms with Gasteiger partial charge in [0.2, 0.25) is 0 Å². The molecule has 8 heteroatoms. The Balaban J connectivity index is 1.42. The summed E-state index contributed by atoms with van der Waals surface area (Å²) in [5.74, 6) is 4.36. The van der Waals surface area contributed by atoms with Crippen LogP contribution in [0.15, 0.2) is 46.6 Å². The smallest absolute Gasteiger partial charge is 0.320 e. The normalized spacial score (nSPS) is 17.8. The van der Waals surface area contributed by atoms with Crippen molar-refractivity contribution in [1.29, 1.82) is 0 Å². The van der Waals surface area contributed by atoms with Crippen LogP contribution in [0.25, 0.3) is 0 Å². The van der Waals surface area contributed by atoms with Crippen LogP contribution in [-0.2, 0) is 14.3 Å². The van der Waals surface area contributed by atoms with Crippen molar-refractivity contribution in [3.8, 4) is 11.8 Å². The predicted molar refractivity (Wildman–Crippen MR) is 114 cm³/mol. The number of nitrogens with zero attached hydrogens (tertiary/aromatic N) is 4. The summed E-state index contributed by atoms with van der Waals surface area (Å²) in [5.41, 5.74) is 2.63. The lowest BCUT2D eigenvalue weighted by atomic mass is 9.92. The van der Waals surface area contributed by atoms with E-state index in [0.717, 1.165) is 49.1 Å². The second-order valence-corrected chi connectivity index (χ2v) is 7.46. The van der Waals surface area contributed by atoms with Gasteiger partial charge < -0.3 is 9.84 Å². The zero-order valence-electron chi connectivity index (χ0n) is 16.9. The molecule has 1 atom stereocenters. The molecule has 0 aliphatic carbocycles. The Kier molecular flexibility index (Phi) is 6.46. The van der Waals surface area contributed by atoms with E-state index in [1.165, 1.54) is 0 Å². The number of aliphatic imine (C=N–C) groups is 2. The summed E-state index contributed by atoms with van der Waals surface area (Å²) in [7, 11) is 0. The fourth-order valence-electron chi connectivity index (χ4n) is 3.59. The van der Waals surface area contributed by atoms with Crippen molar-refractivity contribution >= 4 is 23.7 Å². The van der Waals surface area contributed by atoms with Gasteiger partial charge >= 0.3 is 5.91 Å².